The summed E-state index contributed by atoms with van der Waals surface area (Å²) in [6.07, 6.45) is 3.53. The van der Waals surface area contributed by atoms with Crippen molar-refractivity contribution in [2.24, 2.45) is 0 Å². The predicted molar refractivity (Wildman–Crippen MR) is 121 cm³/mol. The van der Waals surface area contributed by atoms with Crippen LogP contribution >= 0.6 is 11.3 Å². The molecule has 1 aromatic carbocycles. The van der Waals surface area contributed by atoms with Gasteiger partial charge in [-0.05, 0) is 24.3 Å². The van der Waals surface area contributed by atoms with Crippen molar-refractivity contribution in [3.63, 3.8) is 0 Å². The lowest BCUT2D eigenvalue weighted by Crippen LogP contribution is -2.40. The van der Waals surface area contributed by atoms with Crippen LogP contribution < -0.4 is 5.32 Å². The van der Waals surface area contributed by atoms with Crippen molar-refractivity contribution < 1.29 is 18.7 Å². The average Bonchev–Trinajstić information content (AvgIpc) is 3.45. The van der Waals surface area contributed by atoms with Crippen LogP contribution in [0.5, 0.6) is 0 Å². The predicted octanol–water partition coefficient (Wildman–Crippen LogP) is 3.60. The largest absolute Gasteiger partial charge is 0.449 e. The molecule has 9 heteroatoms. The molecule has 0 saturated carbocycles. The van der Waals surface area contributed by atoms with Crippen molar-refractivity contribution in [2.75, 3.05) is 31.6 Å². The first-order valence-corrected chi connectivity index (χ1v) is 11.1. The van der Waals surface area contributed by atoms with E-state index in [1.807, 2.05) is 35.7 Å². The second kappa shape index (κ2) is 8.89. The Balaban J connectivity index is 1.38. The van der Waals surface area contributed by atoms with Crippen LogP contribution in [-0.4, -0.2) is 53.0 Å². The van der Waals surface area contributed by atoms with E-state index in [2.05, 4.69) is 15.3 Å². The fourth-order valence-corrected chi connectivity index (χ4v) is 4.40. The van der Waals surface area contributed by atoms with E-state index in [0.717, 1.165) is 10.6 Å². The average molecular weight is 449 g/mol. The van der Waals surface area contributed by atoms with Crippen molar-refractivity contribution in [3.05, 3.63) is 65.6 Å². The van der Waals surface area contributed by atoms with Gasteiger partial charge in [0.25, 0.3) is 5.91 Å². The molecule has 4 aromatic rings. The van der Waals surface area contributed by atoms with Crippen LogP contribution in [0.2, 0.25) is 0 Å². The highest BCUT2D eigenvalue weighted by Gasteiger charge is 2.27. The van der Waals surface area contributed by atoms with Crippen molar-refractivity contribution in [2.45, 2.75) is 6.42 Å². The normalized spacial score (nSPS) is 13.9. The number of nitrogens with one attached hydrogen (secondary N) is 1. The molecule has 0 bridgehead atoms. The summed E-state index contributed by atoms with van der Waals surface area (Å²) in [5, 5.41) is 6.24. The summed E-state index contributed by atoms with van der Waals surface area (Å²) in [6.45, 7) is 1.94. The molecule has 0 radical (unpaired) electrons. The number of hydrogen-bond donors (Lipinski definition) is 1. The zero-order chi connectivity index (χ0) is 21.9. The van der Waals surface area contributed by atoms with Crippen LogP contribution in [0.4, 0.5) is 5.69 Å². The molecular formula is C23H20N4O4S. The summed E-state index contributed by atoms with van der Waals surface area (Å²) in [5.41, 5.74) is 2.50. The number of carbonyl (C=O) groups excluding carboxylic acids is 2. The molecule has 1 aliphatic heterocycles. The van der Waals surface area contributed by atoms with Gasteiger partial charge in [-0.2, -0.15) is 0 Å². The Morgan fingerprint density at radius 2 is 1.97 bits per heavy atom. The van der Waals surface area contributed by atoms with E-state index in [4.69, 9.17) is 9.15 Å². The minimum Gasteiger partial charge on any atom is -0.449 e. The highest BCUT2D eigenvalue weighted by Crippen LogP contribution is 2.32. The fourth-order valence-electron chi connectivity index (χ4n) is 3.59. The number of benzene rings is 1. The molecule has 0 unspecified atom stereocenters. The van der Waals surface area contributed by atoms with Crippen LogP contribution in [0.1, 0.15) is 16.2 Å². The summed E-state index contributed by atoms with van der Waals surface area (Å²) >= 11 is 1.46. The van der Waals surface area contributed by atoms with Crippen molar-refractivity contribution in [1.29, 1.82) is 0 Å². The number of anilines is 1. The summed E-state index contributed by atoms with van der Waals surface area (Å²) in [5.74, 6) is -0.390. The molecular weight excluding hydrogens is 428 g/mol. The van der Waals surface area contributed by atoms with Gasteiger partial charge in [-0.3, -0.25) is 14.6 Å². The first-order chi connectivity index (χ1) is 15.7. The standard InChI is InChI=1S/C23H20N4O4S/c28-19(12-16-14-32-22(25-16)15-4-3-7-24-13-15)26-20-17-5-1-2-6-18(17)31-21(20)23(29)27-8-10-30-11-9-27/h1-7,13-14H,8-12H2,(H,26,28). The van der Waals surface area contributed by atoms with Crippen molar-refractivity contribution in [3.8, 4) is 10.6 Å². The fraction of sp³-hybridized carbons (Fsp3) is 0.217. The number of pyridine rings is 1. The Bertz CT molecular complexity index is 1260. The molecule has 3 aromatic heterocycles. The van der Waals surface area contributed by atoms with Gasteiger partial charge in [0.2, 0.25) is 11.7 Å². The third kappa shape index (κ3) is 4.12. The number of thiazole rings is 1. The molecule has 32 heavy (non-hydrogen) atoms. The molecule has 5 rings (SSSR count). The summed E-state index contributed by atoms with van der Waals surface area (Å²) in [7, 11) is 0. The number of rotatable bonds is 5. The quantitative estimate of drug-likeness (QED) is 0.501. The number of aromatic nitrogens is 2. The third-order valence-corrected chi connectivity index (χ3v) is 6.09. The number of fused-ring (bicyclic) bond motifs is 1. The van der Waals surface area contributed by atoms with Gasteiger partial charge in [-0.1, -0.05) is 12.1 Å². The number of carbonyl (C=O) groups is 2. The molecule has 0 atom stereocenters. The summed E-state index contributed by atoms with van der Waals surface area (Å²) < 4.78 is 11.2. The number of furan rings is 1. The van der Waals surface area contributed by atoms with E-state index in [0.29, 0.717) is 48.7 Å². The maximum absolute atomic E-state index is 13.1. The van der Waals surface area contributed by atoms with Gasteiger partial charge in [0.1, 0.15) is 16.3 Å². The van der Waals surface area contributed by atoms with Crippen LogP contribution in [0.15, 0.2) is 58.6 Å². The van der Waals surface area contributed by atoms with Gasteiger partial charge < -0.3 is 19.4 Å². The number of para-hydroxylation sites is 1. The zero-order valence-electron chi connectivity index (χ0n) is 17.1. The van der Waals surface area contributed by atoms with Crippen molar-refractivity contribution in [1.82, 2.24) is 14.9 Å². The Kier molecular flexibility index (Phi) is 5.66. The van der Waals surface area contributed by atoms with Gasteiger partial charge in [-0.25, -0.2) is 4.98 Å². The molecule has 4 heterocycles. The highest BCUT2D eigenvalue weighted by molar-refractivity contribution is 7.13. The number of ether oxygens (including phenoxy) is 1. The lowest BCUT2D eigenvalue weighted by molar-refractivity contribution is -0.115. The Morgan fingerprint density at radius 1 is 1.12 bits per heavy atom. The minimum absolute atomic E-state index is 0.0848. The van der Waals surface area contributed by atoms with Gasteiger partial charge in [0.15, 0.2) is 0 Å². The molecule has 1 N–H and O–H groups in total. The second-order valence-corrected chi connectivity index (χ2v) is 8.18. The molecule has 8 nitrogen and oxygen atoms in total. The van der Waals surface area contributed by atoms with Gasteiger partial charge in [0.05, 0.1) is 25.3 Å². The molecule has 162 valence electrons. The molecule has 2 amide bonds. The molecule has 0 aliphatic carbocycles. The highest BCUT2D eigenvalue weighted by atomic mass is 32.1. The number of hydrogen-bond acceptors (Lipinski definition) is 7. The van der Waals surface area contributed by atoms with E-state index in [1.54, 1.807) is 23.4 Å². The first kappa shape index (κ1) is 20.3. The smallest absolute Gasteiger partial charge is 0.291 e. The lowest BCUT2D eigenvalue weighted by atomic mass is 10.2. The van der Waals surface area contributed by atoms with E-state index in [-0.39, 0.29) is 24.0 Å². The van der Waals surface area contributed by atoms with E-state index >= 15 is 0 Å². The van der Waals surface area contributed by atoms with Crippen LogP contribution in [0.3, 0.4) is 0 Å². The molecule has 1 aliphatic rings. The SMILES string of the molecule is O=C(Cc1csc(-c2cccnc2)n1)Nc1c(C(=O)N2CCOCC2)oc2ccccc12. The Morgan fingerprint density at radius 3 is 2.78 bits per heavy atom. The van der Waals surface area contributed by atoms with Crippen LogP contribution in [0.25, 0.3) is 21.5 Å². The monoisotopic (exact) mass is 448 g/mol. The minimum atomic E-state index is -0.268. The van der Waals surface area contributed by atoms with E-state index in [9.17, 15) is 9.59 Å². The topological polar surface area (TPSA) is 97.6 Å². The van der Waals surface area contributed by atoms with Crippen molar-refractivity contribution >= 4 is 39.8 Å². The maximum atomic E-state index is 13.1. The van der Waals surface area contributed by atoms with Gasteiger partial charge >= 0.3 is 0 Å². The Labute approximate surface area is 187 Å². The number of nitrogens with zero attached hydrogens (tertiary/aromatic N) is 3. The van der Waals surface area contributed by atoms with Crippen LogP contribution in [0, 0.1) is 0 Å². The van der Waals surface area contributed by atoms with E-state index < -0.39 is 0 Å². The second-order valence-electron chi connectivity index (χ2n) is 7.32. The third-order valence-electron chi connectivity index (χ3n) is 5.15. The first-order valence-electron chi connectivity index (χ1n) is 10.2. The maximum Gasteiger partial charge on any atom is 0.291 e. The summed E-state index contributed by atoms with van der Waals surface area (Å²) in [6, 6.07) is 11.1. The summed E-state index contributed by atoms with van der Waals surface area (Å²) in [4.78, 5) is 36.3. The van der Waals surface area contributed by atoms with Crippen LogP contribution in [-0.2, 0) is 16.0 Å². The van der Waals surface area contributed by atoms with Gasteiger partial charge in [0, 0.05) is 41.8 Å². The van der Waals surface area contributed by atoms with Gasteiger partial charge in [-0.15, -0.1) is 11.3 Å². The number of amides is 2. The van der Waals surface area contributed by atoms with E-state index in [1.165, 1.54) is 11.3 Å². The molecule has 1 saturated heterocycles. The zero-order valence-corrected chi connectivity index (χ0v) is 17.9. The lowest BCUT2D eigenvalue weighted by Gasteiger charge is -2.26. The number of morpholine rings is 1. The molecule has 1 fully saturated rings. The Hall–Kier alpha value is -3.56. The molecule has 0 spiro atoms.